The van der Waals surface area contributed by atoms with Gasteiger partial charge in [0, 0.05) is 44.1 Å². The molecule has 0 aliphatic carbocycles. The van der Waals surface area contributed by atoms with Crippen molar-refractivity contribution in [3.63, 3.8) is 0 Å². The van der Waals surface area contributed by atoms with E-state index in [4.69, 9.17) is 5.26 Å². The van der Waals surface area contributed by atoms with Crippen molar-refractivity contribution in [2.45, 2.75) is 63.2 Å². The van der Waals surface area contributed by atoms with Crippen molar-refractivity contribution in [3.05, 3.63) is 76.6 Å². The summed E-state index contributed by atoms with van der Waals surface area (Å²) in [7, 11) is 1.40. The number of fused-ring (bicyclic) bond motifs is 1. The molecule has 2 N–H and O–H groups in total. The van der Waals surface area contributed by atoms with Gasteiger partial charge in [0.15, 0.2) is 0 Å². The van der Waals surface area contributed by atoms with Gasteiger partial charge in [0.05, 0.1) is 34.5 Å². The minimum atomic E-state index is -4.76. The van der Waals surface area contributed by atoms with Gasteiger partial charge in [-0.15, -0.1) is 0 Å². The van der Waals surface area contributed by atoms with E-state index in [1.807, 2.05) is 0 Å². The highest BCUT2D eigenvalue weighted by Crippen LogP contribution is 2.36. The molecule has 1 atom stereocenters. The van der Waals surface area contributed by atoms with E-state index >= 15 is 0 Å². The van der Waals surface area contributed by atoms with E-state index in [0.717, 1.165) is 28.3 Å². The number of benzene rings is 2. The monoisotopic (exact) mass is 677 g/mol. The van der Waals surface area contributed by atoms with Crippen molar-refractivity contribution in [2.24, 2.45) is 0 Å². The molecule has 1 aromatic heterocycles. The summed E-state index contributed by atoms with van der Waals surface area (Å²) in [5, 5.41) is 18.4. The topological polar surface area (TPSA) is 157 Å². The van der Waals surface area contributed by atoms with Crippen LogP contribution in [0.15, 0.2) is 48.8 Å². The Kier molecular flexibility index (Phi) is 9.62. The summed E-state index contributed by atoms with van der Waals surface area (Å²) in [5.74, 6) is -2.20. The third-order valence-electron chi connectivity index (χ3n) is 9.09. The Balaban J connectivity index is 1.24. The number of hydrogen-bond acceptors (Lipinski definition) is 8. The maximum absolute atomic E-state index is 13.4. The van der Waals surface area contributed by atoms with E-state index in [-0.39, 0.29) is 35.6 Å². The predicted octanol–water partition coefficient (Wildman–Crippen LogP) is 4.22. The van der Waals surface area contributed by atoms with Gasteiger partial charge in [-0.25, -0.2) is 0 Å². The van der Waals surface area contributed by atoms with Crippen LogP contribution in [0.1, 0.15) is 82.9 Å². The Hall–Kier alpha value is -5.52. The first-order chi connectivity index (χ1) is 23.2. The summed E-state index contributed by atoms with van der Waals surface area (Å²) in [6.07, 6.45) is 0.752. The largest absolute Gasteiger partial charge is 0.417 e. The minimum absolute atomic E-state index is 0.0139. The fourth-order valence-electron chi connectivity index (χ4n) is 6.16. The molecular weight excluding hydrogens is 643 g/mol. The number of piperidine rings is 1. The van der Waals surface area contributed by atoms with Crippen LogP contribution in [0.4, 0.5) is 24.5 Å². The third-order valence-corrected chi connectivity index (χ3v) is 9.09. The number of hydrogen-bond donors (Lipinski definition) is 2. The van der Waals surface area contributed by atoms with E-state index in [1.54, 1.807) is 44.4 Å². The first-order valence-electron chi connectivity index (χ1n) is 15.6. The number of alkyl halides is 3. The Bertz CT molecular complexity index is 1850. The Morgan fingerprint density at radius 3 is 2.41 bits per heavy atom. The van der Waals surface area contributed by atoms with Gasteiger partial charge in [-0.3, -0.25) is 28.8 Å². The molecule has 5 rings (SSSR count). The molecule has 3 aromatic rings. The Labute approximate surface area is 279 Å². The average Bonchev–Trinajstić information content (AvgIpc) is 3.68. The molecule has 1 saturated heterocycles. The number of halogens is 3. The van der Waals surface area contributed by atoms with Crippen LogP contribution in [0.3, 0.4) is 0 Å². The SMILES string of the molecule is CNC(=O)C(CCC=O)N1C(=O)c2ccc(N3CCC(c4cnn(C(C)(C)C(=O)Nc5ccc(C#N)c(C(F)(F)F)c5)c4)CC3)cc2C1=O. The van der Waals surface area contributed by atoms with Gasteiger partial charge in [0.25, 0.3) is 17.7 Å². The average molecular weight is 678 g/mol. The third kappa shape index (κ3) is 6.76. The Morgan fingerprint density at radius 2 is 1.78 bits per heavy atom. The number of anilines is 2. The number of amides is 4. The first-order valence-corrected chi connectivity index (χ1v) is 15.6. The van der Waals surface area contributed by atoms with Gasteiger partial charge in [0.2, 0.25) is 5.91 Å². The molecule has 0 saturated carbocycles. The molecule has 0 bridgehead atoms. The molecule has 256 valence electrons. The summed E-state index contributed by atoms with van der Waals surface area (Å²) in [6.45, 7) is 4.42. The van der Waals surface area contributed by atoms with Gasteiger partial charge in [0.1, 0.15) is 17.9 Å². The molecule has 1 fully saturated rings. The zero-order chi connectivity index (χ0) is 35.7. The molecular formula is C34H34F3N7O5. The lowest BCUT2D eigenvalue weighted by molar-refractivity contribution is -0.137. The minimum Gasteiger partial charge on any atom is -0.371 e. The Morgan fingerprint density at radius 1 is 1.08 bits per heavy atom. The summed E-state index contributed by atoms with van der Waals surface area (Å²) in [4.78, 5) is 66.1. The number of imide groups is 1. The molecule has 0 radical (unpaired) electrons. The number of carbonyl (C=O) groups is 5. The molecule has 3 heterocycles. The van der Waals surface area contributed by atoms with Crippen LogP contribution < -0.4 is 15.5 Å². The molecule has 4 amide bonds. The predicted molar refractivity (Wildman–Crippen MR) is 171 cm³/mol. The van der Waals surface area contributed by atoms with Gasteiger partial charge < -0.3 is 20.3 Å². The highest BCUT2D eigenvalue weighted by atomic mass is 19.4. The van der Waals surface area contributed by atoms with E-state index < -0.39 is 52.5 Å². The quantitative estimate of drug-likeness (QED) is 0.239. The van der Waals surface area contributed by atoms with Crippen LogP contribution >= 0.6 is 0 Å². The van der Waals surface area contributed by atoms with Crippen LogP contribution in [-0.4, -0.2) is 70.8 Å². The maximum atomic E-state index is 13.4. The molecule has 2 aliphatic heterocycles. The summed E-state index contributed by atoms with van der Waals surface area (Å²) in [6, 6.07) is 8.40. The zero-order valence-electron chi connectivity index (χ0n) is 27.0. The second-order valence-corrected chi connectivity index (χ2v) is 12.4. The number of carbonyl (C=O) groups excluding carboxylic acids is 5. The van der Waals surface area contributed by atoms with Gasteiger partial charge >= 0.3 is 6.18 Å². The first kappa shape index (κ1) is 34.8. The number of likely N-dealkylation sites (N-methyl/N-ethyl adjacent to an activating group) is 1. The number of nitrogens with zero attached hydrogens (tertiary/aromatic N) is 5. The number of nitrogens with one attached hydrogen (secondary N) is 2. The highest BCUT2D eigenvalue weighted by molar-refractivity contribution is 6.23. The van der Waals surface area contributed by atoms with E-state index in [9.17, 15) is 37.1 Å². The molecule has 2 aliphatic rings. The lowest BCUT2D eigenvalue weighted by Crippen LogP contribution is -2.48. The summed E-state index contributed by atoms with van der Waals surface area (Å²) < 4.78 is 41.7. The van der Waals surface area contributed by atoms with Crippen molar-refractivity contribution in [1.29, 1.82) is 5.26 Å². The standard InChI is InChI=1S/C34H34F3N7O5/c1-33(2,32(49)41-23-7-6-21(17-38)27(15-23)34(35,36)37)43-19-22(18-40-43)20-10-12-42(13-11-20)24-8-9-25-26(16-24)31(48)44(30(25)47)28(5-4-14-45)29(46)39-3/h6-9,14-16,18-20,28H,4-5,10-13H2,1-3H3,(H,39,46)(H,41,49). The smallest absolute Gasteiger partial charge is 0.371 e. The zero-order valence-corrected chi connectivity index (χ0v) is 27.0. The van der Waals surface area contributed by atoms with Crippen molar-refractivity contribution < 1.29 is 37.1 Å². The summed E-state index contributed by atoms with van der Waals surface area (Å²) >= 11 is 0. The van der Waals surface area contributed by atoms with Gasteiger partial charge in [-0.05, 0) is 81.0 Å². The number of nitriles is 1. The van der Waals surface area contributed by atoms with Crippen LogP contribution in [0.25, 0.3) is 0 Å². The van der Waals surface area contributed by atoms with Crippen molar-refractivity contribution in [1.82, 2.24) is 20.0 Å². The fraction of sp³-hybridized carbons (Fsp3) is 0.382. The van der Waals surface area contributed by atoms with Crippen molar-refractivity contribution >= 4 is 41.3 Å². The molecule has 15 heteroatoms. The lowest BCUT2D eigenvalue weighted by atomic mass is 9.91. The van der Waals surface area contributed by atoms with E-state index in [0.29, 0.717) is 32.2 Å². The van der Waals surface area contributed by atoms with E-state index in [1.165, 1.54) is 23.9 Å². The van der Waals surface area contributed by atoms with Crippen molar-refractivity contribution in [3.8, 4) is 6.07 Å². The highest BCUT2D eigenvalue weighted by Gasteiger charge is 2.43. The fourth-order valence-corrected chi connectivity index (χ4v) is 6.16. The van der Waals surface area contributed by atoms with Crippen LogP contribution in [0.2, 0.25) is 0 Å². The number of rotatable bonds is 10. The molecule has 0 spiro atoms. The number of aromatic nitrogens is 2. The molecule has 12 nitrogen and oxygen atoms in total. The van der Waals surface area contributed by atoms with Crippen molar-refractivity contribution in [2.75, 3.05) is 30.4 Å². The molecule has 49 heavy (non-hydrogen) atoms. The summed E-state index contributed by atoms with van der Waals surface area (Å²) in [5.41, 5.74) is -1.02. The second-order valence-electron chi connectivity index (χ2n) is 12.4. The van der Waals surface area contributed by atoms with Gasteiger partial charge in [-0.1, -0.05) is 0 Å². The maximum Gasteiger partial charge on any atom is 0.417 e. The number of aldehydes is 1. The normalized spacial score (nSPS) is 15.9. The second kappa shape index (κ2) is 13.5. The molecule has 1 unspecified atom stereocenters. The van der Waals surface area contributed by atoms with Crippen LogP contribution in [0.5, 0.6) is 0 Å². The van der Waals surface area contributed by atoms with E-state index in [2.05, 4.69) is 20.6 Å². The van der Waals surface area contributed by atoms with Crippen LogP contribution in [0, 0.1) is 11.3 Å². The van der Waals surface area contributed by atoms with Gasteiger partial charge in [-0.2, -0.15) is 23.5 Å². The lowest BCUT2D eigenvalue weighted by Gasteiger charge is -2.33. The molecule has 2 aromatic carbocycles. The van der Waals surface area contributed by atoms with Crippen LogP contribution in [-0.2, 0) is 26.1 Å².